The van der Waals surface area contributed by atoms with Crippen LogP contribution >= 0.6 is 11.3 Å². The number of carbonyl (C=O) groups excluding carboxylic acids is 2. The smallest absolute Gasteiger partial charge is 0.289 e. The number of hydrogen-bond acceptors (Lipinski definition) is 7. The van der Waals surface area contributed by atoms with Crippen LogP contribution in [0.25, 0.3) is 10.8 Å². The van der Waals surface area contributed by atoms with E-state index in [0.717, 1.165) is 29.0 Å². The first-order chi connectivity index (χ1) is 14.2. The minimum absolute atomic E-state index is 0.214. The maximum Gasteiger partial charge on any atom is 0.289 e. The van der Waals surface area contributed by atoms with Crippen molar-refractivity contribution in [3.05, 3.63) is 53.5 Å². The van der Waals surface area contributed by atoms with Crippen LogP contribution in [0.3, 0.4) is 0 Å². The van der Waals surface area contributed by atoms with E-state index in [1.54, 1.807) is 11.4 Å². The molecule has 0 atom stereocenters. The summed E-state index contributed by atoms with van der Waals surface area (Å²) in [6.45, 7) is 2.58. The van der Waals surface area contributed by atoms with Gasteiger partial charge < -0.3 is 14.4 Å². The minimum atomic E-state index is -0.472. The number of fused-ring (bicyclic) bond motifs is 1. The molecule has 4 rings (SSSR count). The normalized spacial score (nSPS) is 13.9. The van der Waals surface area contributed by atoms with E-state index >= 15 is 0 Å². The second-order valence-corrected chi connectivity index (χ2v) is 7.25. The van der Waals surface area contributed by atoms with Crippen LogP contribution in [0.5, 0.6) is 5.75 Å². The van der Waals surface area contributed by atoms with Crippen LogP contribution < -0.4 is 20.5 Å². The number of morpholine rings is 1. The molecule has 2 heterocycles. The molecule has 0 radical (unpaired) electrons. The number of amides is 2. The third kappa shape index (κ3) is 4.82. The number of hydrazine groups is 1. The molecule has 1 aromatic heterocycles. The van der Waals surface area contributed by atoms with Gasteiger partial charge in [-0.15, -0.1) is 11.3 Å². The molecule has 1 fully saturated rings. The molecule has 0 saturated carbocycles. The topological polar surface area (TPSA) is 92.8 Å². The van der Waals surface area contributed by atoms with Gasteiger partial charge in [-0.05, 0) is 22.9 Å². The van der Waals surface area contributed by atoms with Gasteiger partial charge in [0.05, 0.1) is 13.2 Å². The number of ether oxygens (including phenoxy) is 2. The van der Waals surface area contributed by atoms with E-state index < -0.39 is 11.8 Å². The molecule has 0 bridgehead atoms. The minimum Gasteiger partial charge on any atom is -0.484 e. The molecule has 150 valence electrons. The van der Waals surface area contributed by atoms with E-state index in [1.165, 1.54) is 11.3 Å². The second-order valence-electron chi connectivity index (χ2n) is 6.41. The van der Waals surface area contributed by atoms with Crippen LogP contribution in [0.1, 0.15) is 10.5 Å². The van der Waals surface area contributed by atoms with Crippen LogP contribution in [0, 0.1) is 0 Å². The van der Waals surface area contributed by atoms with Crippen molar-refractivity contribution in [3.8, 4) is 5.75 Å². The Balaban J connectivity index is 1.25. The summed E-state index contributed by atoms with van der Waals surface area (Å²) in [5.41, 5.74) is 4.96. The SMILES string of the molecule is O=C(COc1ccc2ccccc2c1)NNC(=O)c1csc(N2CCOCC2)n1. The summed E-state index contributed by atoms with van der Waals surface area (Å²) >= 11 is 1.39. The molecule has 2 amide bonds. The Morgan fingerprint density at radius 2 is 1.90 bits per heavy atom. The van der Waals surface area contributed by atoms with Gasteiger partial charge in [0.15, 0.2) is 11.7 Å². The molecule has 2 N–H and O–H groups in total. The summed E-state index contributed by atoms with van der Waals surface area (Å²) < 4.78 is 10.8. The third-order valence-electron chi connectivity index (χ3n) is 4.41. The fourth-order valence-corrected chi connectivity index (χ4v) is 3.76. The van der Waals surface area contributed by atoms with Gasteiger partial charge in [-0.3, -0.25) is 20.4 Å². The first-order valence-electron chi connectivity index (χ1n) is 9.18. The molecule has 0 spiro atoms. The largest absolute Gasteiger partial charge is 0.484 e. The quantitative estimate of drug-likeness (QED) is 0.623. The monoisotopic (exact) mass is 412 g/mol. The number of nitrogens with one attached hydrogen (secondary N) is 2. The molecule has 0 aliphatic carbocycles. The Labute approximate surface area is 171 Å². The van der Waals surface area contributed by atoms with Crippen LogP contribution in [-0.2, 0) is 9.53 Å². The molecule has 1 aliphatic heterocycles. The molecular weight excluding hydrogens is 392 g/mol. The highest BCUT2D eigenvalue weighted by Gasteiger charge is 2.17. The number of rotatable bonds is 5. The summed E-state index contributed by atoms with van der Waals surface area (Å²) in [4.78, 5) is 30.6. The molecule has 2 aromatic carbocycles. The Kier molecular flexibility index (Phi) is 5.87. The Morgan fingerprint density at radius 1 is 1.10 bits per heavy atom. The summed E-state index contributed by atoms with van der Waals surface area (Å²) in [6, 6.07) is 13.5. The van der Waals surface area contributed by atoms with Gasteiger partial charge in [0.2, 0.25) is 0 Å². The van der Waals surface area contributed by atoms with E-state index in [-0.39, 0.29) is 12.3 Å². The van der Waals surface area contributed by atoms with Crippen molar-refractivity contribution in [3.63, 3.8) is 0 Å². The van der Waals surface area contributed by atoms with Crippen molar-refractivity contribution in [1.82, 2.24) is 15.8 Å². The van der Waals surface area contributed by atoms with Crippen LogP contribution in [0.4, 0.5) is 5.13 Å². The summed E-state index contributed by atoms with van der Waals surface area (Å²) in [5, 5.41) is 4.55. The van der Waals surface area contributed by atoms with Gasteiger partial charge in [0.25, 0.3) is 11.8 Å². The number of benzene rings is 2. The van der Waals surface area contributed by atoms with Crippen molar-refractivity contribution in [2.45, 2.75) is 0 Å². The zero-order valence-electron chi connectivity index (χ0n) is 15.6. The number of anilines is 1. The van der Waals surface area contributed by atoms with E-state index in [4.69, 9.17) is 9.47 Å². The van der Waals surface area contributed by atoms with Crippen molar-refractivity contribution in [2.75, 3.05) is 37.8 Å². The van der Waals surface area contributed by atoms with Gasteiger partial charge in [-0.25, -0.2) is 4.98 Å². The predicted octanol–water partition coefficient (Wildman–Crippen LogP) is 1.97. The first-order valence-corrected chi connectivity index (χ1v) is 10.1. The standard InChI is InChI=1S/C20H20N4O4S/c25-18(12-28-16-6-5-14-3-1-2-4-15(14)11-16)22-23-19(26)17-13-29-20(21-17)24-7-9-27-10-8-24/h1-6,11,13H,7-10,12H2,(H,22,25)(H,23,26). The second kappa shape index (κ2) is 8.89. The molecular formula is C20H20N4O4S. The van der Waals surface area contributed by atoms with E-state index in [9.17, 15) is 9.59 Å². The molecule has 1 saturated heterocycles. The lowest BCUT2D eigenvalue weighted by Crippen LogP contribution is -2.44. The van der Waals surface area contributed by atoms with Crippen LogP contribution in [0.15, 0.2) is 47.8 Å². The number of nitrogens with zero attached hydrogens (tertiary/aromatic N) is 2. The van der Waals surface area contributed by atoms with E-state index in [1.807, 2.05) is 36.4 Å². The molecule has 1 aliphatic rings. The number of carbonyl (C=O) groups is 2. The molecule has 29 heavy (non-hydrogen) atoms. The Hall–Kier alpha value is -3.17. The molecule has 9 heteroatoms. The van der Waals surface area contributed by atoms with Crippen molar-refractivity contribution < 1.29 is 19.1 Å². The predicted molar refractivity (Wildman–Crippen MR) is 110 cm³/mol. The van der Waals surface area contributed by atoms with Crippen molar-refractivity contribution >= 4 is 39.1 Å². The van der Waals surface area contributed by atoms with Gasteiger partial charge in [0.1, 0.15) is 11.4 Å². The highest BCUT2D eigenvalue weighted by Crippen LogP contribution is 2.22. The lowest BCUT2D eigenvalue weighted by Gasteiger charge is -2.25. The highest BCUT2D eigenvalue weighted by atomic mass is 32.1. The average molecular weight is 412 g/mol. The average Bonchev–Trinajstić information content (AvgIpc) is 3.27. The molecule has 3 aromatic rings. The van der Waals surface area contributed by atoms with Crippen LogP contribution in [0.2, 0.25) is 0 Å². The zero-order chi connectivity index (χ0) is 20.1. The maximum absolute atomic E-state index is 12.2. The lowest BCUT2D eigenvalue weighted by molar-refractivity contribution is -0.123. The van der Waals surface area contributed by atoms with E-state index in [2.05, 4.69) is 20.7 Å². The van der Waals surface area contributed by atoms with Crippen LogP contribution in [-0.4, -0.2) is 49.7 Å². The Bertz CT molecular complexity index is 1020. The van der Waals surface area contributed by atoms with Gasteiger partial charge >= 0.3 is 0 Å². The number of aromatic nitrogens is 1. The molecule has 8 nitrogen and oxygen atoms in total. The highest BCUT2D eigenvalue weighted by molar-refractivity contribution is 7.13. The van der Waals surface area contributed by atoms with Crippen molar-refractivity contribution in [1.29, 1.82) is 0 Å². The fraction of sp³-hybridized carbons (Fsp3) is 0.250. The molecule has 0 unspecified atom stereocenters. The third-order valence-corrected chi connectivity index (χ3v) is 5.31. The van der Waals surface area contributed by atoms with E-state index in [0.29, 0.717) is 19.0 Å². The summed E-state index contributed by atoms with van der Waals surface area (Å²) in [6.07, 6.45) is 0. The van der Waals surface area contributed by atoms with Gasteiger partial charge in [0, 0.05) is 18.5 Å². The maximum atomic E-state index is 12.2. The number of thiazole rings is 1. The van der Waals surface area contributed by atoms with Gasteiger partial charge in [-0.2, -0.15) is 0 Å². The zero-order valence-corrected chi connectivity index (χ0v) is 16.4. The van der Waals surface area contributed by atoms with Crippen molar-refractivity contribution in [2.24, 2.45) is 0 Å². The fourth-order valence-electron chi connectivity index (χ4n) is 2.90. The number of hydrogen-bond donors (Lipinski definition) is 2. The van der Waals surface area contributed by atoms with Gasteiger partial charge in [-0.1, -0.05) is 30.3 Å². The summed E-state index contributed by atoms with van der Waals surface area (Å²) in [5.74, 6) is -0.352. The summed E-state index contributed by atoms with van der Waals surface area (Å²) in [7, 11) is 0. The Morgan fingerprint density at radius 3 is 2.72 bits per heavy atom. The lowest BCUT2D eigenvalue weighted by atomic mass is 10.1. The first kappa shape index (κ1) is 19.2.